The average Bonchev–Trinajstić information content (AvgIpc) is 3.15. The first-order chi connectivity index (χ1) is 13.1. The lowest BCUT2D eigenvalue weighted by molar-refractivity contribution is -0.120. The molecule has 1 aliphatic rings. The number of aryl methyl sites for hydroxylation is 1. The second-order valence-corrected chi connectivity index (χ2v) is 7.47. The van der Waals surface area contributed by atoms with Gasteiger partial charge in [0.05, 0.1) is 0 Å². The number of carbonyl (C=O) groups is 1. The Balaban J connectivity index is 1.60. The summed E-state index contributed by atoms with van der Waals surface area (Å²) in [6, 6.07) is 19.1. The molecule has 1 heteroatoms. The highest BCUT2D eigenvalue weighted by Gasteiger charge is 2.24. The van der Waals surface area contributed by atoms with Crippen molar-refractivity contribution in [3.05, 3.63) is 89.0 Å². The zero-order chi connectivity index (χ0) is 19.2. The molecule has 2 atom stereocenters. The van der Waals surface area contributed by atoms with Gasteiger partial charge in [0.25, 0.3) is 0 Å². The summed E-state index contributed by atoms with van der Waals surface area (Å²) >= 11 is 0. The van der Waals surface area contributed by atoms with E-state index in [-0.39, 0.29) is 5.92 Å². The fraction of sp³-hybridized carbons (Fsp3) is 0.346. The van der Waals surface area contributed by atoms with Crippen LogP contribution in [0.5, 0.6) is 0 Å². The van der Waals surface area contributed by atoms with E-state index in [1.54, 1.807) is 0 Å². The number of ketones is 1. The number of rotatable bonds is 8. The van der Waals surface area contributed by atoms with Crippen molar-refractivity contribution in [2.75, 3.05) is 0 Å². The van der Waals surface area contributed by atoms with Crippen molar-refractivity contribution >= 4 is 11.4 Å². The highest BCUT2D eigenvalue weighted by atomic mass is 16.1. The van der Waals surface area contributed by atoms with E-state index in [0.717, 1.165) is 24.8 Å². The highest BCUT2D eigenvalue weighted by Crippen LogP contribution is 2.38. The van der Waals surface area contributed by atoms with E-state index in [2.05, 4.69) is 80.6 Å². The van der Waals surface area contributed by atoms with E-state index in [9.17, 15) is 4.79 Å². The number of hydrogen-bond acceptors (Lipinski definition) is 1. The molecule has 0 heterocycles. The van der Waals surface area contributed by atoms with Gasteiger partial charge in [-0.1, -0.05) is 93.1 Å². The monoisotopic (exact) mass is 358 g/mol. The van der Waals surface area contributed by atoms with Crippen LogP contribution in [0, 0.1) is 5.92 Å². The summed E-state index contributed by atoms with van der Waals surface area (Å²) < 4.78 is 0. The Morgan fingerprint density at radius 2 is 1.67 bits per heavy atom. The molecule has 27 heavy (non-hydrogen) atoms. The van der Waals surface area contributed by atoms with Gasteiger partial charge in [-0.15, -0.1) is 0 Å². The Labute approximate surface area is 163 Å². The molecule has 1 aliphatic carbocycles. The lowest BCUT2D eigenvalue weighted by atomic mass is 9.85. The van der Waals surface area contributed by atoms with Crippen LogP contribution in [0.2, 0.25) is 0 Å². The second-order valence-electron chi connectivity index (χ2n) is 7.47. The molecule has 0 spiro atoms. The lowest BCUT2D eigenvalue weighted by Gasteiger charge is -2.19. The molecule has 0 amide bonds. The summed E-state index contributed by atoms with van der Waals surface area (Å²) in [7, 11) is 0. The van der Waals surface area contributed by atoms with Crippen LogP contribution in [0.3, 0.4) is 0 Å². The zero-order valence-corrected chi connectivity index (χ0v) is 16.7. The Morgan fingerprint density at radius 1 is 0.963 bits per heavy atom. The third kappa shape index (κ3) is 4.47. The minimum Gasteiger partial charge on any atom is -0.299 e. The van der Waals surface area contributed by atoms with Crippen molar-refractivity contribution in [1.82, 2.24) is 0 Å². The Kier molecular flexibility index (Phi) is 6.45. The van der Waals surface area contributed by atoms with Gasteiger partial charge in [0, 0.05) is 18.3 Å². The summed E-state index contributed by atoms with van der Waals surface area (Å²) in [5.41, 5.74) is 6.54. The number of carbonyl (C=O) groups excluding carboxylic acids is 1. The maximum Gasteiger partial charge on any atom is 0.140 e. The highest BCUT2D eigenvalue weighted by molar-refractivity contribution is 5.86. The molecule has 2 unspecified atom stereocenters. The molecule has 0 bridgehead atoms. The Bertz CT molecular complexity index is 824. The Morgan fingerprint density at radius 3 is 2.30 bits per heavy atom. The molecule has 0 aromatic heterocycles. The third-order valence-electron chi connectivity index (χ3n) is 5.85. The maximum absolute atomic E-state index is 12.8. The summed E-state index contributed by atoms with van der Waals surface area (Å²) in [4.78, 5) is 12.8. The van der Waals surface area contributed by atoms with Gasteiger partial charge in [0.15, 0.2) is 0 Å². The predicted molar refractivity (Wildman–Crippen MR) is 115 cm³/mol. The van der Waals surface area contributed by atoms with Crippen LogP contribution in [-0.2, 0) is 11.2 Å². The van der Waals surface area contributed by atoms with E-state index in [1.165, 1.54) is 22.3 Å². The second kappa shape index (κ2) is 8.99. The standard InChI is InChI=1S/C26H30O/c1-4-20-11-13-21(14-12-20)19(3)26(27)18-16-23-15-17-25(24(23)5-2)22-9-7-6-8-10-22/h6-15,17,19,24H,4-5,16,18H2,1-3H3. The van der Waals surface area contributed by atoms with E-state index in [1.807, 2.05) is 6.92 Å². The van der Waals surface area contributed by atoms with Gasteiger partial charge < -0.3 is 0 Å². The van der Waals surface area contributed by atoms with Crippen LogP contribution >= 0.6 is 0 Å². The van der Waals surface area contributed by atoms with E-state index < -0.39 is 0 Å². The van der Waals surface area contributed by atoms with Gasteiger partial charge in [-0.3, -0.25) is 4.79 Å². The summed E-state index contributed by atoms with van der Waals surface area (Å²) in [6.45, 7) is 6.43. The molecular weight excluding hydrogens is 328 g/mol. The number of hydrogen-bond donors (Lipinski definition) is 0. The molecule has 0 fully saturated rings. The van der Waals surface area contributed by atoms with Crippen molar-refractivity contribution in [3.63, 3.8) is 0 Å². The minimum atomic E-state index is -0.0282. The molecular formula is C26H30O. The van der Waals surface area contributed by atoms with E-state index >= 15 is 0 Å². The molecule has 1 nitrogen and oxygen atoms in total. The first-order valence-corrected chi connectivity index (χ1v) is 10.2. The molecule has 0 saturated heterocycles. The molecule has 0 radical (unpaired) electrons. The van der Waals surface area contributed by atoms with Crippen LogP contribution in [0.1, 0.15) is 62.6 Å². The molecule has 3 rings (SSSR count). The molecule has 0 N–H and O–H groups in total. The molecule has 2 aromatic carbocycles. The van der Waals surface area contributed by atoms with Crippen molar-refractivity contribution in [3.8, 4) is 0 Å². The number of benzene rings is 2. The lowest BCUT2D eigenvalue weighted by Crippen LogP contribution is -2.11. The Hall–Kier alpha value is -2.41. The largest absolute Gasteiger partial charge is 0.299 e. The van der Waals surface area contributed by atoms with Crippen LogP contribution in [-0.4, -0.2) is 5.78 Å². The molecule has 2 aromatic rings. The molecule has 140 valence electrons. The zero-order valence-electron chi connectivity index (χ0n) is 16.7. The van der Waals surface area contributed by atoms with Crippen LogP contribution < -0.4 is 0 Å². The van der Waals surface area contributed by atoms with E-state index in [0.29, 0.717) is 18.1 Å². The maximum atomic E-state index is 12.8. The number of allylic oxidation sites excluding steroid dienone is 4. The van der Waals surface area contributed by atoms with Crippen molar-refractivity contribution in [2.45, 2.75) is 52.4 Å². The fourth-order valence-electron chi connectivity index (χ4n) is 4.01. The first kappa shape index (κ1) is 19.4. The van der Waals surface area contributed by atoms with Gasteiger partial charge in [0.2, 0.25) is 0 Å². The molecule has 0 saturated carbocycles. The minimum absolute atomic E-state index is 0.0282. The summed E-state index contributed by atoms with van der Waals surface area (Å²) in [6.07, 6.45) is 8.08. The van der Waals surface area contributed by atoms with Crippen molar-refractivity contribution in [1.29, 1.82) is 0 Å². The topological polar surface area (TPSA) is 17.1 Å². The van der Waals surface area contributed by atoms with Crippen molar-refractivity contribution in [2.24, 2.45) is 5.92 Å². The first-order valence-electron chi connectivity index (χ1n) is 10.2. The summed E-state index contributed by atoms with van der Waals surface area (Å²) in [5, 5.41) is 0. The average molecular weight is 359 g/mol. The van der Waals surface area contributed by atoms with Gasteiger partial charge in [-0.2, -0.15) is 0 Å². The third-order valence-corrected chi connectivity index (χ3v) is 5.85. The predicted octanol–water partition coefficient (Wildman–Crippen LogP) is 6.75. The van der Waals surface area contributed by atoms with Crippen LogP contribution in [0.15, 0.2) is 72.3 Å². The van der Waals surface area contributed by atoms with Gasteiger partial charge in [-0.25, -0.2) is 0 Å². The smallest absolute Gasteiger partial charge is 0.140 e. The fourth-order valence-corrected chi connectivity index (χ4v) is 4.01. The van der Waals surface area contributed by atoms with Crippen LogP contribution in [0.4, 0.5) is 0 Å². The normalized spacial score (nSPS) is 17.4. The number of Topliss-reactive ketones (excluding diaryl/α,β-unsaturated/α-hetero) is 1. The van der Waals surface area contributed by atoms with E-state index in [4.69, 9.17) is 0 Å². The SMILES string of the molecule is CCc1ccc(C(C)C(=O)CCC2=CC=C(c3ccccc3)C2CC)cc1. The quantitative estimate of drug-likeness (QED) is 0.510. The van der Waals surface area contributed by atoms with Gasteiger partial charge >= 0.3 is 0 Å². The van der Waals surface area contributed by atoms with Gasteiger partial charge in [0.1, 0.15) is 5.78 Å². The summed E-state index contributed by atoms with van der Waals surface area (Å²) in [5.74, 6) is 0.752. The van der Waals surface area contributed by atoms with Crippen molar-refractivity contribution < 1.29 is 4.79 Å². The molecule has 0 aliphatic heterocycles. The van der Waals surface area contributed by atoms with Crippen LogP contribution in [0.25, 0.3) is 5.57 Å². The van der Waals surface area contributed by atoms with Gasteiger partial charge in [-0.05, 0) is 41.5 Å².